The first-order valence-electron chi connectivity index (χ1n) is 11.2. The summed E-state index contributed by atoms with van der Waals surface area (Å²) in [5.74, 6) is 0. The van der Waals surface area contributed by atoms with Gasteiger partial charge in [0.2, 0.25) is 10.0 Å². The first-order chi connectivity index (χ1) is 16.1. The van der Waals surface area contributed by atoms with Gasteiger partial charge in [-0.05, 0) is 67.2 Å². The highest BCUT2D eigenvalue weighted by Gasteiger charge is 2.16. The number of sulfonamides is 1. The molecule has 0 unspecified atom stereocenters. The van der Waals surface area contributed by atoms with Gasteiger partial charge in [-0.25, -0.2) is 18.1 Å². The highest BCUT2D eigenvalue weighted by atomic mass is 32.2. The van der Waals surface area contributed by atoms with Crippen LogP contribution < -0.4 is 4.72 Å². The van der Waals surface area contributed by atoms with Crippen LogP contribution in [0, 0.1) is 0 Å². The van der Waals surface area contributed by atoms with Gasteiger partial charge < -0.3 is 0 Å². The van der Waals surface area contributed by atoms with Crippen LogP contribution in [0.1, 0.15) is 36.8 Å². The molecule has 2 aromatic heterocycles. The van der Waals surface area contributed by atoms with Crippen molar-refractivity contribution in [3.05, 3.63) is 96.2 Å². The van der Waals surface area contributed by atoms with Gasteiger partial charge in [-0.15, -0.1) is 0 Å². The molecule has 0 spiro atoms. The van der Waals surface area contributed by atoms with E-state index in [0.717, 1.165) is 46.3 Å². The number of nitrogens with zero attached hydrogens (tertiary/aromatic N) is 2. The van der Waals surface area contributed by atoms with E-state index in [1.807, 2.05) is 60.8 Å². The van der Waals surface area contributed by atoms with Crippen LogP contribution in [0.5, 0.6) is 0 Å². The maximum absolute atomic E-state index is 12.9. The van der Waals surface area contributed by atoms with Crippen LogP contribution in [0.4, 0.5) is 0 Å². The summed E-state index contributed by atoms with van der Waals surface area (Å²) in [4.78, 5) is 9.63. The summed E-state index contributed by atoms with van der Waals surface area (Å²) in [6.45, 7) is 0.242. The SMILES string of the molecule is O=S(=O)(NCc1ccccc1)c1cccc(-c2ccc3nccc(C4=CCCCC4)c3n2)c1. The molecule has 6 heteroatoms. The summed E-state index contributed by atoms with van der Waals surface area (Å²) in [5, 5.41) is 0. The van der Waals surface area contributed by atoms with E-state index in [4.69, 9.17) is 4.98 Å². The van der Waals surface area contributed by atoms with E-state index in [0.29, 0.717) is 0 Å². The lowest BCUT2D eigenvalue weighted by molar-refractivity contribution is 0.581. The number of fused-ring (bicyclic) bond motifs is 1. The first-order valence-corrected chi connectivity index (χ1v) is 12.7. The Morgan fingerprint density at radius 3 is 2.61 bits per heavy atom. The fourth-order valence-corrected chi connectivity index (χ4v) is 5.27. The lowest BCUT2D eigenvalue weighted by Crippen LogP contribution is -2.23. The standard InChI is InChI=1S/C27H25N3O2S/c31-33(32,29-19-20-8-3-1-4-9-20)23-13-7-12-22(18-23)25-14-15-26-27(30-25)24(16-17-28-26)21-10-5-2-6-11-21/h1,3-4,7-10,12-18,29H,2,5-6,11,19H2. The van der Waals surface area contributed by atoms with Gasteiger partial charge in [-0.1, -0.05) is 48.5 Å². The molecule has 1 N–H and O–H groups in total. The van der Waals surface area contributed by atoms with Gasteiger partial charge in [0, 0.05) is 23.9 Å². The van der Waals surface area contributed by atoms with E-state index in [1.54, 1.807) is 18.2 Å². The zero-order valence-corrected chi connectivity index (χ0v) is 19.1. The summed E-state index contributed by atoms with van der Waals surface area (Å²) < 4.78 is 28.5. The molecular formula is C27H25N3O2S. The summed E-state index contributed by atoms with van der Waals surface area (Å²) in [7, 11) is -3.66. The molecule has 0 bridgehead atoms. The van der Waals surface area contributed by atoms with Crippen LogP contribution in [0.15, 0.2) is 90.0 Å². The van der Waals surface area contributed by atoms with Crippen molar-refractivity contribution in [1.29, 1.82) is 0 Å². The van der Waals surface area contributed by atoms with Crippen molar-refractivity contribution in [3.63, 3.8) is 0 Å². The molecule has 0 atom stereocenters. The second-order valence-corrected chi connectivity index (χ2v) is 10.0. The molecule has 2 aromatic carbocycles. The Balaban J connectivity index is 1.48. The number of rotatable bonds is 6. The molecule has 0 fully saturated rings. The smallest absolute Gasteiger partial charge is 0.240 e. The topological polar surface area (TPSA) is 72.0 Å². The Morgan fingerprint density at radius 2 is 1.79 bits per heavy atom. The van der Waals surface area contributed by atoms with Crippen LogP contribution in [0.25, 0.3) is 27.9 Å². The van der Waals surface area contributed by atoms with Gasteiger partial charge in [0.25, 0.3) is 0 Å². The summed E-state index contributed by atoms with van der Waals surface area (Å²) >= 11 is 0. The van der Waals surface area contributed by atoms with E-state index in [2.05, 4.69) is 15.8 Å². The summed E-state index contributed by atoms with van der Waals surface area (Å²) in [6, 6.07) is 22.3. The van der Waals surface area contributed by atoms with Gasteiger partial charge >= 0.3 is 0 Å². The second kappa shape index (κ2) is 9.25. The van der Waals surface area contributed by atoms with E-state index in [1.165, 1.54) is 18.4 Å². The lowest BCUT2D eigenvalue weighted by Gasteiger charge is -2.15. The Hall–Kier alpha value is -3.35. The normalized spacial score (nSPS) is 14.2. The van der Waals surface area contributed by atoms with Crippen molar-refractivity contribution in [1.82, 2.24) is 14.7 Å². The number of hydrogen-bond acceptors (Lipinski definition) is 4. The largest absolute Gasteiger partial charge is 0.255 e. The molecule has 0 saturated carbocycles. The quantitative estimate of drug-likeness (QED) is 0.403. The predicted octanol–water partition coefficient (Wildman–Crippen LogP) is 5.73. The number of pyridine rings is 2. The fraction of sp³-hybridized carbons (Fsp3) is 0.185. The molecule has 5 nitrogen and oxygen atoms in total. The third-order valence-corrected chi connectivity index (χ3v) is 7.37. The summed E-state index contributed by atoms with van der Waals surface area (Å²) in [5.41, 5.74) is 6.54. The molecule has 5 rings (SSSR count). The monoisotopic (exact) mass is 455 g/mol. The van der Waals surface area contributed by atoms with E-state index >= 15 is 0 Å². The third-order valence-electron chi connectivity index (χ3n) is 5.97. The number of hydrogen-bond donors (Lipinski definition) is 1. The highest BCUT2D eigenvalue weighted by molar-refractivity contribution is 7.89. The average Bonchev–Trinajstić information content (AvgIpc) is 2.88. The maximum Gasteiger partial charge on any atom is 0.240 e. The van der Waals surface area contributed by atoms with Gasteiger partial charge in [0.05, 0.1) is 21.6 Å². The van der Waals surface area contributed by atoms with Crippen LogP contribution in [-0.2, 0) is 16.6 Å². The molecule has 166 valence electrons. The zero-order chi connectivity index (χ0) is 22.7. The zero-order valence-electron chi connectivity index (χ0n) is 18.2. The van der Waals surface area contributed by atoms with Gasteiger partial charge in [-0.2, -0.15) is 0 Å². The number of nitrogens with one attached hydrogen (secondary N) is 1. The molecule has 4 aromatic rings. The molecule has 2 heterocycles. The minimum Gasteiger partial charge on any atom is -0.255 e. The number of benzene rings is 2. The van der Waals surface area contributed by atoms with Crippen molar-refractivity contribution in [3.8, 4) is 11.3 Å². The minimum atomic E-state index is -3.66. The highest BCUT2D eigenvalue weighted by Crippen LogP contribution is 2.31. The number of allylic oxidation sites excluding steroid dienone is 2. The van der Waals surface area contributed by atoms with Crippen molar-refractivity contribution in [2.45, 2.75) is 37.1 Å². The van der Waals surface area contributed by atoms with Crippen molar-refractivity contribution >= 4 is 26.6 Å². The Bertz CT molecular complexity index is 1430. The van der Waals surface area contributed by atoms with Crippen LogP contribution >= 0.6 is 0 Å². The second-order valence-electron chi connectivity index (χ2n) is 8.24. The average molecular weight is 456 g/mol. The molecule has 1 aliphatic carbocycles. The van der Waals surface area contributed by atoms with Crippen molar-refractivity contribution < 1.29 is 8.42 Å². The maximum atomic E-state index is 12.9. The van der Waals surface area contributed by atoms with E-state index in [9.17, 15) is 8.42 Å². The molecule has 0 amide bonds. The Labute approximate surface area is 194 Å². The Kier molecular flexibility index (Phi) is 6.03. The van der Waals surface area contributed by atoms with Crippen LogP contribution in [0.3, 0.4) is 0 Å². The molecular weight excluding hydrogens is 430 g/mol. The molecule has 0 aliphatic heterocycles. The van der Waals surface area contributed by atoms with E-state index in [-0.39, 0.29) is 11.4 Å². The molecule has 1 aliphatic rings. The minimum absolute atomic E-state index is 0.222. The molecule has 0 radical (unpaired) electrons. The lowest BCUT2D eigenvalue weighted by atomic mass is 9.93. The van der Waals surface area contributed by atoms with Crippen molar-refractivity contribution in [2.24, 2.45) is 0 Å². The van der Waals surface area contributed by atoms with Crippen LogP contribution in [-0.4, -0.2) is 18.4 Å². The summed E-state index contributed by atoms with van der Waals surface area (Å²) in [6.07, 6.45) is 8.69. The molecule has 33 heavy (non-hydrogen) atoms. The van der Waals surface area contributed by atoms with Gasteiger partial charge in [0.1, 0.15) is 0 Å². The number of aromatic nitrogens is 2. The predicted molar refractivity (Wildman–Crippen MR) is 132 cm³/mol. The van der Waals surface area contributed by atoms with Gasteiger partial charge in [0.15, 0.2) is 0 Å². The molecule has 0 saturated heterocycles. The first kappa shape index (κ1) is 21.5. The fourth-order valence-electron chi connectivity index (χ4n) is 4.21. The van der Waals surface area contributed by atoms with Gasteiger partial charge in [-0.3, -0.25) is 4.98 Å². The third kappa shape index (κ3) is 4.72. The van der Waals surface area contributed by atoms with Crippen molar-refractivity contribution in [2.75, 3.05) is 0 Å². The van der Waals surface area contributed by atoms with E-state index < -0.39 is 10.0 Å². The Morgan fingerprint density at radius 1 is 0.909 bits per heavy atom. The van der Waals surface area contributed by atoms with Crippen LogP contribution in [0.2, 0.25) is 0 Å².